The lowest BCUT2D eigenvalue weighted by Crippen LogP contribution is -2.29. The van der Waals surface area contributed by atoms with Crippen LogP contribution in [0.4, 0.5) is 0 Å². The van der Waals surface area contributed by atoms with Gasteiger partial charge in [0.05, 0.1) is 11.5 Å². The van der Waals surface area contributed by atoms with Gasteiger partial charge in [0.15, 0.2) is 15.9 Å². The highest BCUT2D eigenvalue weighted by atomic mass is 32.2. The molecule has 0 spiro atoms. The summed E-state index contributed by atoms with van der Waals surface area (Å²) in [5.41, 5.74) is 0. The Kier molecular flexibility index (Phi) is 6.01. The second-order valence-corrected chi connectivity index (χ2v) is 6.41. The molecule has 0 N–H and O–H groups in total. The zero-order chi connectivity index (χ0) is 15.2. The fourth-order valence-corrected chi connectivity index (χ4v) is 2.32. The van der Waals surface area contributed by atoms with Crippen LogP contribution < -0.4 is 4.74 Å². The molecule has 112 valence electrons. The van der Waals surface area contributed by atoms with Crippen LogP contribution in [0.5, 0.6) is 5.75 Å². The number of rotatable bonds is 7. The van der Waals surface area contributed by atoms with Crippen molar-refractivity contribution in [2.24, 2.45) is 0 Å². The van der Waals surface area contributed by atoms with E-state index in [0.717, 1.165) is 12.7 Å². The number of hydrogen-bond acceptors (Lipinski definition) is 5. The van der Waals surface area contributed by atoms with Gasteiger partial charge in [-0.1, -0.05) is 19.4 Å². The molecule has 0 saturated carbocycles. The molecule has 0 heterocycles. The van der Waals surface area contributed by atoms with Gasteiger partial charge in [0.25, 0.3) is 0 Å². The molecular formula is C14H20O5S. The molecule has 0 bridgehead atoms. The summed E-state index contributed by atoms with van der Waals surface area (Å²) < 4.78 is 33.5. The number of carbonyl (C=O) groups is 1. The second-order valence-electron chi connectivity index (χ2n) is 4.39. The van der Waals surface area contributed by atoms with E-state index in [1.165, 1.54) is 12.1 Å². The van der Waals surface area contributed by atoms with Crippen LogP contribution in [0.1, 0.15) is 26.7 Å². The topological polar surface area (TPSA) is 69.7 Å². The van der Waals surface area contributed by atoms with Crippen molar-refractivity contribution in [3.8, 4) is 5.75 Å². The number of carbonyl (C=O) groups excluding carboxylic acids is 1. The van der Waals surface area contributed by atoms with Crippen LogP contribution in [0.3, 0.4) is 0 Å². The average Bonchev–Trinajstić information content (AvgIpc) is 2.38. The lowest BCUT2D eigenvalue weighted by Gasteiger charge is -2.17. The number of ether oxygens (including phenoxy) is 2. The third-order valence-electron chi connectivity index (χ3n) is 2.61. The molecule has 0 aromatic heterocycles. The van der Waals surface area contributed by atoms with Gasteiger partial charge in [-0.2, -0.15) is 0 Å². The summed E-state index contributed by atoms with van der Waals surface area (Å²) in [6, 6.07) is 6.11. The first kappa shape index (κ1) is 16.5. The molecule has 0 aliphatic heterocycles. The molecule has 20 heavy (non-hydrogen) atoms. The van der Waals surface area contributed by atoms with Gasteiger partial charge < -0.3 is 9.47 Å². The van der Waals surface area contributed by atoms with Crippen LogP contribution in [0.25, 0.3) is 0 Å². The fourth-order valence-electron chi connectivity index (χ4n) is 1.66. The molecule has 0 radical (unpaired) electrons. The molecule has 1 aromatic rings. The fraction of sp³-hybridized carbons (Fsp3) is 0.500. The van der Waals surface area contributed by atoms with Crippen molar-refractivity contribution in [1.29, 1.82) is 0 Å². The summed E-state index contributed by atoms with van der Waals surface area (Å²) in [5.74, 6) is -0.0847. The Balaban J connectivity index is 2.91. The Bertz CT molecular complexity index is 550. The summed E-state index contributed by atoms with van der Waals surface area (Å²) in [4.78, 5) is 11.9. The standard InChI is InChI=1S/C14H20O5S/c1-4-7-13(14(15)18-5-2)19-11-8-6-9-12(10-11)20(3,16)17/h6,8-10,13H,4-5,7H2,1-3H3. The Morgan fingerprint density at radius 1 is 1.30 bits per heavy atom. The van der Waals surface area contributed by atoms with Crippen LogP contribution in [0, 0.1) is 0 Å². The quantitative estimate of drug-likeness (QED) is 0.722. The molecular weight excluding hydrogens is 280 g/mol. The maximum Gasteiger partial charge on any atom is 0.347 e. The van der Waals surface area contributed by atoms with Crippen molar-refractivity contribution in [2.45, 2.75) is 37.7 Å². The highest BCUT2D eigenvalue weighted by Gasteiger charge is 2.21. The number of hydrogen-bond donors (Lipinski definition) is 0. The van der Waals surface area contributed by atoms with Gasteiger partial charge in [-0.15, -0.1) is 0 Å². The molecule has 1 rings (SSSR count). The van der Waals surface area contributed by atoms with Gasteiger partial charge in [-0.05, 0) is 31.5 Å². The maximum atomic E-state index is 11.8. The largest absolute Gasteiger partial charge is 0.479 e. The van der Waals surface area contributed by atoms with Crippen LogP contribution in [-0.2, 0) is 19.4 Å². The van der Waals surface area contributed by atoms with Crippen LogP contribution in [0.2, 0.25) is 0 Å². The van der Waals surface area contributed by atoms with Crippen LogP contribution in [0.15, 0.2) is 29.2 Å². The molecule has 6 heteroatoms. The van der Waals surface area contributed by atoms with Gasteiger partial charge in [-0.3, -0.25) is 0 Å². The lowest BCUT2D eigenvalue weighted by atomic mass is 10.2. The average molecular weight is 300 g/mol. The molecule has 0 aliphatic rings. The summed E-state index contributed by atoms with van der Waals surface area (Å²) in [5, 5.41) is 0. The van der Waals surface area contributed by atoms with Gasteiger partial charge >= 0.3 is 5.97 Å². The van der Waals surface area contributed by atoms with Gasteiger partial charge in [0, 0.05) is 6.26 Å². The number of benzene rings is 1. The first-order chi connectivity index (χ1) is 9.38. The third-order valence-corrected chi connectivity index (χ3v) is 3.72. The highest BCUT2D eigenvalue weighted by molar-refractivity contribution is 7.90. The summed E-state index contributed by atoms with van der Waals surface area (Å²) in [7, 11) is -3.30. The molecule has 0 fully saturated rings. The Morgan fingerprint density at radius 3 is 2.55 bits per heavy atom. The molecule has 1 atom stereocenters. The zero-order valence-corrected chi connectivity index (χ0v) is 12.8. The molecule has 0 saturated heterocycles. The van der Waals surface area contributed by atoms with E-state index in [2.05, 4.69) is 0 Å². The van der Waals surface area contributed by atoms with Crippen LogP contribution >= 0.6 is 0 Å². The van der Waals surface area contributed by atoms with E-state index in [1.54, 1.807) is 19.1 Å². The third kappa shape index (κ3) is 4.85. The van der Waals surface area contributed by atoms with E-state index in [0.29, 0.717) is 12.2 Å². The molecule has 1 unspecified atom stereocenters. The van der Waals surface area contributed by atoms with E-state index < -0.39 is 21.9 Å². The van der Waals surface area contributed by atoms with Crippen molar-refractivity contribution in [3.05, 3.63) is 24.3 Å². The Labute approximate surface area is 119 Å². The number of esters is 1. The van der Waals surface area contributed by atoms with E-state index in [1.807, 2.05) is 6.92 Å². The van der Waals surface area contributed by atoms with Gasteiger partial charge in [0.1, 0.15) is 5.75 Å². The number of sulfone groups is 1. The van der Waals surface area contributed by atoms with Crippen molar-refractivity contribution >= 4 is 15.8 Å². The minimum absolute atomic E-state index is 0.161. The second kappa shape index (κ2) is 7.28. The van der Waals surface area contributed by atoms with Crippen LogP contribution in [-0.4, -0.2) is 33.4 Å². The smallest absolute Gasteiger partial charge is 0.347 e. The molecule has 0 amide bonds. The monoisotopic (exact) mass is 300 g/mol. The normalized spacial score (nSPS) is 12.8. The lowest BCUT2D eigenvalue weighted by molar-refractivity contribution is -0.151. The van der Waals surface area contributed by atoms with Gasteiger partial charge in [0.2, 0.25) is 0 Å². The van der Waals surface area contributed by atoms with E-state index in [-0.39, 0.29) is 11.5 Å². The van der Waals surface area contributed by atoms with Crippen molar-refractivity contribution in [1.82, 2.24) is 0 Å². The first-order valence-corrected chi connectivity index (χ1v) is 8.41. The SMILES string of the molecule is CCCC(Oc1cccc(S(C)(=O)=O)c1)C(=O)OCC. The zero-order valence-electron chi connectivity index (χ0n) is 12.0. The maximum absolute atomic E-state index is 11.8. The van der Waals surface area contributed by atoms with Crippen molar-refractivity contribution in [3.63, 3.8) is 0 Å². The van der Waals surface area contributed by atoms with E-state index >= 15 is 0 Å². The van der Waals surface area contributed by atoms with E-state index in [4.69, 9.17) is 9.47 Å². The Morgan fingerprint density at radius 2 is 2.00 bits per heavy atom. The minimum atomic E-state index is -3.30. The highest BCUT2D eigenvalue weighted by Crippen LogP contribution is 2.20. The minimum Gasteiger partial charge on any atom is -0.479 e. The molecule has 5 nitrogen and oxygen atoms in total. The predicted molar refractivity (Wildman–Crippen MR) is 75.5 cm³/mol. The molecule has 0 aliphatic carbocycles. The van der Waals surface area contributed by atoms with Crippen molar-refractivity contribution in [2.75, 3.05) is 12.9 Å². The van der Waals surface area contributed by atoms with Crippen molar-refractivity contribution < 1.29 is 22.7 Å². The van der Waals surface area contributed by atoms with E-state index in [9.17, 15) is 13.2 Å². The molecule has 1 aromatic carbocycles. The predicted octanol–water partition coefficient (Wildman–Crippen LogP) is 2.20. The summed E-state index contributed by atoms with van der Waals surface area (Å²) in [6.07, 6.45) is 1.69. The first-order valence-electron chi connectivity index (χ1n) is 6.51. The summed E-state index contributed by atoms with van der Waals surface area (Å²) >= 11 is 0. The summed E-state index contributed by atoms with van der Waals surface area (Å²) in [6.45, 7) is 3.94. The Hall–Kier alpha value is -1.56. The van der Waals surface area contributed by atoms with Gasteiger partial charge in [-0.25, -0.2) is 13.2 Å².